The van der Waals surface area contributed by atoms with Crippen LogP contribution in [0.5, 0.6) is 0 Å². The van der Waals surface area contributed by atoms with Crippen molar-refractivity contribution in [2.24, 2.45) is 0 Å². The number of benzene rings is 1. The van der Waals surface area contributed by atoms with Crippen molar-refractivity contribution in [3.63, 3.8) is 0 Å². The smallest absolute Gasteiger partial charge is 0.260 e. The Balaban J connectivity index is 1.63. The number of sulfonamides is 1. The zero-order valence-corrected chi connectivity index (χ0v) is 18.4. The minimum absolute atomic E-state index is 0.118. The summed E-state index contributed by atoms with van der Waals surface area (Å²) in [4.78, 5) is 21.0. The lowest BCUT2D eigenvalue weighted by atomic mass is 10.0. The van der Waals surface area contributed by atoms with Crippen molar-refractivity contribution in [2.75, 3.05) is 37.7 Å². The minimum Gasteiger partial charge on any atom is -0.379 e. The summed E-state index contributed by atoms with van der Waals surface area (Å²) in [5.41, 5.74) is 1.39. The Bertz CT molecular complexity index is 1020. The Morgan fingerprint density at radius 3 is 2.77 bits per heavy atom. The van der Waals surface area contributed by atoms with Crippen molar-refractivity contribution in [1.82, 2.24) is 9.29 Å². The zero-order chi connectivity index (χ0) is 21.1. The van der Waals surface area contributed by atoms with Gasteiger partial charge in [-0.2, -0.15) is 4.31 Å². The van der Waals surface area contributed by atoms with E-state index in [-0.39, 0.29) is 10.8 Å². The number of carbonyl (C=O) groups is 1. The Morgan fingerprint density at radius 2 is 2.03 bits per heavy atom. The van der Waals surface area contributed by atoms with Gasteiger partial charge in [0.2, 0.25) is 10.0 Å². The second-order valence-electron chi connectivity index (χ2n) is 7.32. The summed E-state index contributed by atoms with van der Waals surface area (Å²) in [6.07, 6.45) is 5.86. The van der Waals surface area contributed by atoms with E-state index in [4.69, 9.17) is 9.72 Å². The third-order valence-corrected chi connectivity index (χ3v) is 8.39. The van der Waals surface area contributed by atoms with Gasteiger partial charge in [0.15, 0.2) is 5.13 Å². The summed E-state index contributed by atoms with van der Waals surface area (Å²) < 4.78 is 32.6. The van der Waals surface area contributed by atoms with E-state index in [1.165, 1.54) is 21.3 Å². The van der Waals surface area contributed by atoms with Gasteiger partial charge in [-0.05, 0) is 43.9 Å². The largest absolute Gasteiger partial charge is 0.379 e. The van der Waals surface area contributed by atoms with Crippen molar-refractivity contribution in [2.45, 2.75) is 30.6 Å². The molecule has 1 aromatic carbocycles. The topological polar surface area (TPSA) is 79.8 Å². The average molecular weight is 448 g/mol. The fraction of sp³-hybridized carbons (Fsp3) is 0.429. The summed E-state index contributed by atoms with van der Waals surface area (Å²) in [6, 6.07) is 6.24. The SMILES string of the molecule is C=CCN(C(=O)c1cccc(S(=O)(=O)N2CCOCC2)c1)c1nc2c(s1)CCCC2. The summed E-state index contributed by atoms with van der Waals surface area (Å²) in [7, 11) is -3.67. The molecule has 160 valence electrons. The first-order valence-corrected chi connectivity index (χ1v) is 12.4. The van der Waals surface area contributed by atoms with Crippen LogP contribution >= 0.6 is 11.3 Å². The van der Waals surface area contributed by atoms with Crippen LogP contribution in [-0.4, -0.2) is 56.5 Å². The highest BCUT2D eigenvalue weighted by atomic mass is 32.2. The molecular formula is C21H25N3O4S2. The summed E-state index contributed by atoms with van der Waals surface area (Å²) >= 11 is 1.54. The molecule has 1 aliphatic carbocycles. The van der Waals surface area contributed by atoms with Crippen LogP contribution in [0.25, 0.3) is 0 Å². The average Bonchev–Trinajstić information content (AvgIpc) is 3.21. The molecule has 1 amide bonds. The molecule has 0 bridgehead atoms. The van der Waals surface area contributed by atoms with Crippen LogP contribution in [0, 0.1) is 0 Å². The predicted molar refractivity (Wildman–Crippen MR) is 117 cm³/mol. The summed E-state index contributed by atoms with van der Waals surface area (Å²) in [6.45, 7) is 5.46. The number of aromatic nitrogens is 1. The van der Waals surface area contributed by atoms with E-state index in [0.29, 0.717) is 43.5 Å². The van der Waals surface area contributed by atoms with Gasteiger partial charge in [0.1, 0.15) is 0 Å². The number of aryl methyl sites for hydroxylation is 2. The van der Waals surface area contributed by atoms with Crippen molar-refractivity contribution in [3.05, 3.63) is 53.1 Å². The molecule has 0 atom stereocenters. The second kappa shape index (κ2) is 8.97. The van der Waals surface area contributed by atoms with E-state index in [1.807, 2.05) is 0 Å². The van der Waals surface area contributed by atoms with E-state index < -0.39 is 10.0 Å². The lowest BCUT2D eigenvalue weighted by Gasteiger charge is -2.26. The number of nitrogens with zero attached hydrogens (tertiary/aromatic N) is 3. The second-order valence-corrected chi connectivity index (χ2v) is 10.3. The van der Waals surface area contributed by atoms with Gasteiger partial charge >= 0.3 is 0 Å². The minimum atomic E-state index is -3.67. The molecule has 0 N–H and O–H groups in total. The number of anilines is 1. The van der Waals surface area contributed by atoms with Gasteiger partial charge in [0.05, 0.1) is 23.8 Å². The van der Waals surface area contributed by atoms with Crippen LogP contribution in [0.2, 0.25) is 0 Å². The van der Waals surface area contributed by atoms with Crippen molar-refractivity contribution < 1.29 is 17.9 Å². The molecule has 30 heavy (non-hydrogen) atoms. The number of morpholine rings is 1. The van der Waals surface area contributed by atoms with Crippen LogP contribution in [0.15, 0.2) is 41.8 Å². The maximum absolute atomic E-state index is 13.3. The molecule has 1 saturated heterocycles. The number of hydrogen-bond donors (Lipinski definition) is 0. The fourth-order valence-corrected chi connectivity index (χ4v) is 6.32. The first-order chi connectivity index (χ1) is 14.5. The predicted octanol–water partition coefficient (Wildman–Crippen LogP) is 2.88. The van der Waals surface area contributed by atoms with Crippen LogP contribution in [-0.2, 0) is 27.6 Å². The number of thiazole rings is 1. The van der Waals surface area contributed by atoms with E-state index in [9.17, 15) is 13.2 Å². The van der Waals surface area contributed by atoms with Crippen molar-refractivity contribution in [3.8, 4) is 0 Å². The highest BCUT2D eigenvalue weighted by Crippen LogP contribution is 2.32. The number of fused-ring (bicyclic) bond motifs is 1. The maximum Gasteiger partial charge on any atom is 0.260 e. The van der Waals surface area contributed by atoms with Crippen LogP contribution in [0.3, 0.4) is 0 Å². The molecule has 0 spiro atoms. The molecular weight excluding hydrogens is 422 g/mol. The number of ether oxygens (including phenoxy) is 1. The van der Waals surface area contributed by atoms with Gasteiger partial charge in [0, 0.05) is 30.1 Å². The molecule has 1 aromatic heterocycles. The maximum atomic E-state index is 13.3. The standard InChI is InChI=1S/C21H25N3O4S2/c1-2-10-24(21-22-18-8-3-4-9-19(18)29-21)20(25)16-6-5-7-17(15-16)30(26,27)23-11-13-28-14-12-23/h2,5-7,15H,1,3-4,8-14H2. The van der Waals surface area contributed by atoms with Crippen LogP contribution in [0.4, 0.5) is 5.13 Å². The fourth-order valence-electron chi connectivity index (χ4n) is 3.71. The Kier molecular flexibility index (Phi) is 6.33. The summed E-state index contributed by atoms with van der Waals surface area (Å²) in [5.74, 6) is -0.278. The molecule has 0 saturated carbocycles. The Hall–Kier alpha value is -2.07. The normalized spacial score (nSPS) is 17.3. The molecule has 2 heterocycles. The third kappa shape index (κ3) is 4.20. The Labute approximate surface area is 181 Å². The molecule has 2 aliphatic rings. The Morgan fingerprint density at radius 1 is 1.27 bits per heavy atom. The first kappa shape index (κ1) is 21.2. The lowest BCUT2D eigenvalue weighted by Crippen LogP contribution is -2.40. The quantitative estimate of drug-likeness (QED) is 0.636. The number of rotatable bonds is 6. The third-order valence-electron chi connectivity index (χ3n) is 5.31. The van der Waals surface area contributed by atoms with E-state index >= 15 is 0 Å². The molecule has 1 aliphatic heterocycles. The molecule has 1 fully saturated rings. The van der Waals surface area contributed by atoms with E-state index in [0.717, 1.165) is 31.4 Å². The van der Waals surface area contributed by atoms with E-state index in [1.54, 1.807) is 34.4 Å². The van der Waals surface area contributed by atoms with Gasteiger partial charge < -0.3 is 4.74 Å². The first-order valence-electron chi connectivity index (χ1n) is 10.1. The molecule has 7 nitrogen and oxygen atoms in total. The van der Waals surface area contributed by atoms with Crippen molar-refractivity contribution >= 4 is 32.4 Å². The van der Waals surface area contributed by atoms with Crippen LogP contribution < -0.4 is 4.90 Å². The number of carbonyl (C=O) groups excluding carboxylic acids is 1. The van der Waals surface area contributed by atoms with Gasteiger partial charge in [-0.25, -0.2) is 13.4 Å². The molecule has 9 heteroatoms. The lowest BCUT2D eigenvalue weighted by molar-refractivity contribution is 0.0730. The molecule has 0 radical (unpaired) electrons. The molecule has 4 rings (SSSR count). The van der Waals surface area contributed by atoms with Gasteiger partial charge in [-0.1, -0.05) is 12.1 Å². The number of amides is 1. The highest BCUT2D eigenvalue weighted by Gasteiger charge is 2.28. The monoisotopic (exact) mass is 447 g/mol. The highest BCUT2D eigenvalue weighted by molar-refractivity contribution is 7.89. The van der Waals surface area contributed by atoms with Gasteiger partial charge in [-0.15, -0.1) is 17.9 Å². The van der Waals surface area contributed by atoms with Gasteiger partial charge in [-0.3, -0.25) is 9.69 Å². The van der Waals surface area contributed by atoms with Crippen molar-refractivity contribution in [1.29, 1.82) is 0 Å². The zero-order valence-electron chi connectivity index (χ0n) is 16.7. The van der Waals surface area contributed by atoms with Gasteiger partial charge in [0.25, 0.3) is 5.91 Å². The molecule has 2 aromatic rings. The van der Waals surface area contributed by atoms with Crippen LogP contribution in [0.1, 0.15) is 33.8 Å². The summed E-state index contributed by atoms with van der Waals surface area (Å²) in [5, 5.41) is 0.647. The molecule has 0 unspecified atom stereocenters. The van der Waals surface area contributed by atoms with E-state index in [2.05, 4.69) is 6.58 Å². The number of hydrogen-bond acceptors (Lipinski definition) is 6.